The Morgan fingerprint density at radius 1 is 1.19 bits per heavy atom. The number of amides is 1. The van der Waals surface area contributed by atoms with Gasteiger partial charge in [0.15, 0.2) is 0 Å². The van der Waals surface area contributed by atoms with Crippen molar-refractivity contribution >= 4 is 28.7 Å². The number of fused-ring (bicyclic) bond motifs is 1. The van der Waals surface area contributed by atoms with Crippen molar-refractivity contribution in [1.29, 1.82) is 0 Å². The van der Waals surface area contributed by atoms with Crippen LogP contribution in [0.4, 0.5) is 0 Å². The molecule has 26 heavy (non-hydrogen) atoms. The summed E-state index contributed by atoms with van der Waals surface area (Å²) in [4.78, 5) is 47.2. The maximum absolute atomic E-state index is 12.6. The highest BCUT2D eigenvalue weighted by Gasteiger charge is 2.31. The van der Waals surface area contributed by atoms with Crippen LogP contribution in [-0.4, -0.2) is 49.1 Å². The van der Waals surface area contributed by atoms with Crippen molar-refractivity contribution in [2.75, 3.05) is 0 Å². The number of carbonyl (C=O) groups is 3. The highest BCUT2D eigenvalue weighted by molar-refractivity contribution is 5.88. The highest BCUT2D eigenvalue weighted by Crippen LogP contribution is 2.16. The van der Waals surface area contributed by atoms with Crippen LogP contribution in [-0.2, 0) is 14.4 Å². The van der Waals surface area contributed by atoms with Gasteiger partial charge in [0, 0.05) is 0 Å². The van der Waals surface area contributed by atoms with Gasteiger partial charge in [-0.15, -0.1) is 5.10 Å². The SMILES string of the molecule is CC(C)C(C(=O)NC(CC(=O)O)C(=O)O)n1nnc2ccccc2c1=O. The second kappa shape index (κ2) is 7.72. The van der Waals surface area contributed by atoms with Gasteiger partial charge in [0.2, 0.25) is 5.91 Å². The normalized spacial score (nSPS) is 13.3. The Hall–Kier alpha value is -3.30. The third-order valence-electron chi connectivity index (χ3n) is 3.75. The summed E-state index contributed by atoms with van der Waals surface area (Å²) in [5.41, 5.74) is -0.180. The molecule has 2 aromatic rings. The molecule has 0 aliphatic rings. The molecule has 2 atom stereocenters. The van der Waals surface area contributed by atoms with Crippen molar-refractivity contribution in [1.82, 2.24) is 20.3 Å². The Morgan fingerprint density at radius 2 is 1.85 bits per heavy atom. The molecule has 0 saturated heterocycles. The van der Waals surface area contributed by atoms with Crippen LogP contribution in [0.3, 0.4) is 0 Å². The number of rotatable bonds is 7. The molecule has 3 N–H and O–H groups in total. The minimum atomic E-state index is -1.62. The van der Waals surface area contributed by atoms with E-state index in [4.69, 9.17) is 10.2 Å². The summed E-state index contributed by atoms with van der Waals surface area (Å²) in [6, 6.07) is 3.72. The molecule has 2 unspecified atom stereocenters. The first-order valence-corrected chi connectivity index (χ1v) is 7.81. The molecule has 0 fully saturated rings. The average molecular weight is 362 g/mol. The lowest BCUT2D eigenvalue weighted by molar-refractivity contribution is -0.147. The molecule has 1 aromatic carbocycles. The number of nitrogens with one attached hydrogen (secondary N) is 1. The summed E-state index contributed by atoms with van der Waals surface area (Å²) in [5, 5.41) is 28.0. The lowest BCUT2D eigenvalue weighted by Gasteiger charge is -2.23. The monoisotopic (exact) mass is 362 g/mol. The molecule has 0 bridgehead atoms. The number of aromatic nitrogens is 3. The van der Waals surface area contributed by atoms with Crippen LogP contribution in [0.25, 0.3) is 10.9 Å². The van der Waals surface area contributed by atoms with E-state index in [0.717, 1.165) is 4.68 Å². The minimum absolute atomic E-state index is 0.265. The Morgan fingerprint density at radius 3 is 2.42 bits per heavy atom. The van der Waals surface area contributed by atoms with E-state index in [2.05, 4.69) is 15.6 Å². The zero-order chi connectivity index (χ0) is 19.4. The number of hydrogen-bond donors (Lipinski definition) is 3. The topological polar surface area (TPSA) is 151 Å². The second-order valence-electron chi connectivity index (χ2n) is 6.04. The molecular weight excluding hydrogens is 344 g/mol. The van der Waals surface area contributed by atoms with E-state index in [0.29, 0.717) is 5.52 Å². The van der Waals surface area contributed by atoms with Gasteiger partial charge in [-0.2, -0.15) is 4.68 Å². The maximum Gasteiger partial charge on any atom is 0.326 e. The van der Waals surface area contributed by atoms with E-state index >= 15 is 0 Å². The van der Waals surface area contributed by atoms with Crippen molar-refractivity contribution in [2.24, 2.45) is 5.92 Å². The molecule has 0 aliphatic carbocycles. The number of benzene rings is 1. The van der Waals surface area contributed by atoms with Gasteiger partial charge in [-0.1, -0.05) is 31.2 Å². The summed E-state index contributed by atoms with van der Waals surface area (Å²) >= 11 is 0. The molecule has 1 amide bonds. The van der Waals surface area contributed by atoms with Crippen LogP contribution in [0, 0.1) is 5.92 Å². The molecule has 1 heterocycles. The van der Waals surface area contributed by atoms with Crippen LogP contribution in [0.1, 0.15) is 26.3 Å². The Bertz CT molecular complexity index is 907. The van der Waals surface area contributed by atoms with Crippen LogP contribution in [0.15, 0.2) is 29.1 Å². The van der Waals surface area contributed by atoms with Crippen LogP contribution in [0.5, 0.6) is 0 Å². The van der Waals surface area contributed by atoms with E-state index in [1.165, 1.54) is 0 Å². The quantitative estimate of drug-likeness (QED) is 0.624. The van der Waals surface area contributed by atoms with Crippen molar-refractivity contribution in [3.8, 4) is 0 Å². The smallest absolute Gasteiger partial charge is 0.326 e. The summed E-state index contributed by atoms with van der Waals surface area (Å²) in [6.45, 7) is 3.31. The van der Waals surface area contributed by atoms with Gasteiger partial charge in [-0.05, 0) is 18.1 Å². The largest absolute Gasteiger partial charge is 0.481 e. The first kappa shape index (κ1) is 19.0. The van der Waals surface area contributed by atoms with E-state index in [9.17, 15) is 19.2 Å². The number of carboxylic acid groups (broad SMARTS) is 2. The zero-order valence-corrected chi connectivity index (χ0v) is 14.1. The van der Waals surface area contributed by atoms with E-state index in [1.54, 1.807) is 38.1 Å². The molecule has 10 nitrogen and oxygen atoms in total. The standard InChI is InChI=1S/C16H18N4O6/c1-8(2)13(14(23)17-11(16(25)26)7-12(21)22)20-15(24)9-5-3-4-6-10(9)18-19-20/h3-6,8,11,13H,7H2,1-2H3,(H,17,23)(H,21,22)(H,25,26). The van der Waals surface area contributed by atoms with Crippen molar-refractivity contribution in [2.45, 2.75) is 32.4 Å². The molecule has 0 aliphatic heterocycles. The molecule has 0 radical (unpaired) electrons. The summed E-state index contributed by atoms with van der Waals surface area (Å²) < 4.78 is 0.891. The van der Waals surface area contributed by atoms with Crippen LogP contribution < -0.4 is 10.9 Å². The number of hydrogen-bond acceptors (Lipinski definition) is 6. The second-order valence-corrected chi connectivity index (χ2v) is 6.04. The first-order valence-electron chi connectivity index (χ1n) is 7.81. The van der Waals surface area contributed by atoms with E-state index in [-0.39, 0.29) is 5.39 Å². The molecule has 0 spiro atoms. The van der Waals surface area contributed by atoms with E-state index in [1.807, 2.05) is 0 Å². The molecule has 10 heteroatoms. The summed E-state index contributed by atoms with van der Waals surface area (Å²) in [5.74, 6) is -4.11. The molecule has 138 valence electrons. The van der Waals surface area contributed by atoms with Crippen molar-refractivity contribution < 1.29 is 24.6 Å². The van der Waals surface area contributed by atoms with Crippen LogP contribution >= 0.6 is 0 Å². The third-order valence-corrected chi connectivity index (χ3v) is 3.75. The number of nitrogens with zero attached hydrogens (tertiary/aromatic N) is 3. The lowest BCUT2D eigenvalue weighted by atomic mass is 10.0. The molecule has 0 saturated carbocycles. The van der Waals surface area contributed by atoms with Gasteiger partial charge < -0.3 is 15.5 Å². The minimum Gasteiger partial charge on any atom is -0.481 e. The number of carbonyl (C=O) groups excluding carboxylic acids is 1. The first-order chi connectivity index (χ1) is 12.2. The molecule has 2 rings (SSSR count). The summed E-state index contributed by atoms with van der Waals surface area (Å²) in [6.07, 6.45) is -0.788. The Balaban J connectivity index is 2.41. The van der Waals surface area contributed by atoms with Crippen molar-refractivity contribution in [3.63, 3.8) is 0 Å². The van der Waals surface area contributed by atoms with Gasteiger partial charge >= 0.3 is 11.9 Å². The fourth-order valence-electron chi connectivity index (χ4n) is 2.51. The lowest BCUT2D eigenvalue weighted by Crippen LogP contribution is -2.48. The molecule has 1 aromatic heterocycles. The van der Waals surface area contributed by atoms with Crippen molar-refractivity contribution in [3.05, 3.63) is 34.6 Å². The van der Waals surface area contributed by atoms with Gasteiger partial charge in [0.05, 0.1) is 11.8 Å². The number of aliphatic carboxylic acids is 2. The average Bonchev–Trinajstić information content (AvgIpc) is 2.56. The van der Waals surface area contributed by atoms with Gasteiger partial charge in [0.25, 0.3) is 5.56 Å². The predicted octanol–water partition coefficient (Wildman–Crippen LogP) is 0.0327. The van der Waals surface area contributed by atoms with E-state index < -0.39 is 47.8 Å². The fourth-order valence-corrected chi connectivity index (χ4v) is 2.51. The maximum atomic E-state index is 12.6. The molecular formula is C16H18N4O6. The van der Waals surface area contributed by atoms with Gasteiger partial charge in [-0.3, -0.25) is 14.4 Å². The fraction of sp³-hybridized carbons (Fsp3) is 0.375. The Kier molecular flexibility index (Phi) is 5.65. The Labute approximate surface area is 147 Å². The van der Waals surface area contributed by atoms with Gasteiger partial charge in [0.1, 0.15) is 17.6 Å². The number of carboxylic acids is 2. The predicted molar refractivity (Wildman–Crippen MR) is 89.5 cm³/mol. The highest BCUT2D eigenvalue weighted by atomic mass is 16.4. The zero-order valence-electron chi connectivity index (χ0n) is 14.1. The summed E-state index contributed by atoms with van der Waals surface area (Å²) in [7, 11) is 0. The van der Waals surface area contributed by atoms with Gasteiger partial charge in [-0.25, -0.2) is 4.79 Å². The van der Waals surface area contributed by atoms with Crippen LogP contribution in [0.2, 0.25) is 0 Å². The third kappa shape index (κ3) is 4.02.